The van der Waals surface area contributed by atoms with Gasteiger partial charge in [-0.15, -0.1) is 0 Å². The number of aromatic carboxylic acids is 1. The molecule has 0 unspecified atom stereocenters. The number of pyridine rings is 1. The largest absolute Gasteiger partial charge is 0.478 e. The van der Waals surface area contributed by atoms with Gasteiger partial charge < -0.3 is 9.67 Å². The van der Waals surface area contributed by atoms with Crippen LogP contribution in [-0.2, 0) is 6.54 Å². The van der Waals surface area contributed by atoms with Crippen molar-refractivity contribution in [2.75, 3.05) is 0 Å². The lowest BCUT2D eigenvalue weighted by Crippen LogP contribution is -2.21. The Morgan fingerprint density at radius 3 is 2.33 bits per heavy atom. The molecule has 3 aromatic rings. The Labute approximate surface area is 140 Å². The van der Waals surface area contributed by atoms with Crippen LogP contribution in [0.2, 0.25) is 0 Å². The molecule has 0 amide bonds. The summed E-state index contributed by atoms with van der Waals surface area (Å²) in [6, 6.07) is 13.1. The number of nitrogens with zero attached hydrogens (tertiary/aromatic N) is 1. The third-order valence-electron chi connectivity index (χ3n) is 4.43. The van der Waals surface area contributed by atoms with Gasteiger partial charge in [-0.2, -0.15) is 0 Å². The Balaban J connectivity index is 2.24. The molecule has 3 rings (SSSR count). The summed E-state index contributed by atoms with van der Waals surface area (Å²) < 4.78 is 1.70. The van der Waals surface area contributed by atoms with Crippen LogP contribution in [0.1, 0.15) is 32.6 Å². The highest BCUT2D eigenvalue weighted by molar-refractivity contribution is 5.98. The number of carboxylic acid groups (broad SMARTS) is 1. The molecule has 0 aliphatic rings. The van der Waals surface area contributed by atoms with Crippen molar-refractivity contribution in [1.82, 2.24) is 4.57 Å². The molecule has 0 atom stereocenters. The molecule has 0 saturated heterocycles. The van der Waals surface area contributed by atoms with Crippen LogP contribution in [-0.4, -0.2) is 15.6 Å². The van der Waals surface area contributed by atoms with Crippen molar-refractivity contribution in [2.45, 2.75) is 27.3 Å². The Hall–Kier alpha value is -2.88. The Morgan fingerprint density at radius 2 is 1.71 bits per heavy atom. The first-order valence-electron chi connectivity index (χ1n) is 7.81. The van der Waals surface area contributed by atoms with Gasteiger partial charge >= 0.3 is 5.97 Å². The van der Waals surface area contributed by atoms with E-state index in [0.29, 0.717) is 23.2 Å². The van der Waals surface area contributed by atoms with Crippen LogP contribution in [0.4, 0.5) is 0 Å². The molecular weight excluding hydrogens is 302 g/mol. The lowest BCUT2D eigenvalue weighted by molar-refractivity contribution is 0.0695. The van der Waals surface area contributed by atoms with Crippen LogP contribution in [0.15, 0.2) is 47.3 Å². The first-order chi connectivity index (χ1) is 11.4. The number of carbonyl (C=O) groups is 1. The summed E-state index contributed by atoms with van der Waals surface area (Å²) in [5.41, 5.74) is 4.54. The number of aryl methyl sites for hydroxylation is 3. The molecule has 24 heavy (non-hydrogen) atoms. The Morgan fingerprint density at radius 1 is 1.04 bits per heavy atom. The van der Waals surface area contributed by atoms with Crippen molar-refractivity contribution < 1.29 is 9.90 Å². The van der Waals surface area contributed by atoms with E-state index >= 15 is 0 Å². The molecule has 0 bridgehead atoms. The van der Waals surface area contributed by atoms with Crippen molar-refractivity contribution in [3.63, 3.8) is 0 Å². The van der Waals surface area contributed by atoms with Gasteiger partial charge in [-0.05, 0) is 49.6 Å². The average molecular weight is 321 g/mol. The van der Waals surface area contributed by atoms with Gasteiger partial charge in [-0.3, -0.25) is 4.79 Å². The maximum atomic E-state index is 12.4. The molecule has 0 radical (unpaired) electrons. The number of aromatic nitrogens is 1. The molecule has 1 N–H and O–H groups in total. The van der Waals surface area contributed by atoms with E-state index in [-0.39, 0.29) is 5.56 Å². The second-order valence-corrected chi connectivity index (χ2v) is 6.17. The molecule has 4 nitrogen and oxygen atoms in total. The monoisotopic (exact) mass is 321 g/mol. The van der Waals surface area contributed by atoms with Gasteiger partial charge in [0.1, 0.15) is 0 Å². The predicted molar refractivity (Wildman–Crippen MR) is 94.9 cm³/mol. The predicted octanol–water partition coefficient (Wildman–Crippen LogP) is 3.67. The summed E-state index contributed by atoms with van der Waals surface area (Å²) in [5.74, 6) is -0.941. The smallest absolute Gasteiger partial charge is 0.336 e. The van der Waals surface area contributed by atoms with Crippen LogP contribution in [0, 0.1) is 20.8 Å². The summed E-state index contributed by atoms with van der Waals surface area (Å²) in [5, 5.41) is 10.2. The molecule has 0 aliphatic carbocycles. The van der Waals surface area contributed by atoms with Crippen LogP contribution >= 0.6 is 0 Å². The third kappa shape index (κ3) is 2.71. The summed E-state index contributed by atoms with van der Waals surface area (Å²) in [7, 11) is 0. The van der Waals surface area contributed by atoms with E-state index in [1.807, 2.05) is 31.2 Å². The molecule has 0 spiro atoms. The zero-order valence-corrected chi connectivity index (χ0v) is 14.0. The van der Waals surface area contributed by atoms with E-state index < -0.39 is 5.97 Å². The van der Waals surface area contributed by atoms with Crippen LogP contribution in [0.25, 0.3) is 10.9 Å². The second-order valence-electron chi connectivity index (χ2n) is 6.17. The molecule has 122 valence electrons. The molecule has 0 fully saturated rings. The van der Waals surface area contributed by atoms with Crippen molar-refractivity contribution in [3.05, 3.63) is 80.6 Å². The van der Waals surface area contributed by atoms with Gasteiger partial charge in [0, 0.05) is 11.5 Å². The zero-order valence-electron chi connectivity index (χ0n) is 14.0. The fourth-order valence-electron chi connectivity index (χ4n) is 3.14. The van der Waals surface area contributed by atoms with Crippen molar-refractivity contribution in [3.8, 4) is 0 Å². The topological polar surface area (TPSA) is 59.3 Å². The molecule has 4 heteroatoms. The number of hydrogen-bond acceptors (Lipinski definition) is 2. The maximum Gasteiger partial charge on any atom is 0.336 e. The number of benzene rings is 2. The fourth-order valence-corrected chi connectivity index (χ4v) is 3.14. The van der Waals surface area contributed by atoms with Crippen molar-refractivity contribution in [1.29, 1.82) is 0 Å². The van der Waals surface area contributed by atoms with Gasteiger partial charge in [0.05, 0.1) is 17.6 Å². The van der Waals surface area contributed by atoms with Crippen LogP contribution in [0.3, 0.4) is 0 Å². The zero-order chi connectivity index (χ0) is 17.4. The molecular formula is C20H19NO3. The van der Waals surface area contributed by atoms with Gasteiger partial charge in [0.15, 0.2) is 0 Å². The van der Waals surface area contributed by atoms with E-state index in [1.165, 1.54) is 11.6 Å². The van der Waals surface area contributed by atoms with E-state index in [9.17, 15) is 14.7 Å². The van der Waals surface area contributed by atoms with Gasteiger partial charge in [0.2, 0.25) is 0 Å². The second kappa shape index (κ2) is 5.96. The van der Waals surface area contributed by atoms with E-state index in [0.717, 1.165) is 16.5 Å². The minimum Gasteiger partial charge on any atom is -0.478 e. The molecule has 2 aromatic carbocycles. The molecule has 1 heterocycles. The highest BCUT2D eigenvalue weighted by atomic mass is 16.4. The SMILES string of the molecule is Cc1ccc(Cn2c(=O)ccc3c(C)c(C(=O)O)c(C)cc32)cc1. The van der Waals surface area contributed by atoms with E-state index in [2.05, 4.69) is 0 Å². The molecule has 1 aromatic heterocycles. The number of hydrogen-bond donors (Lipinski definition) is 1. The average Bonchev–Trinajstić information content (AvgIpc) is 2.52. The van der Waals surface area contributed by atoms with E-state index in [1.54, 1.807) is 30.5 Å². The normalized spacial score (nSPS) is 11.0. The highest BCUT2D eigenvalue weighted by Gasteiger charge is 2.16. The Bertz CT molecular complexity index is 998. The van der Waals surface area contributed by atoms with Crippen molar-refractivity contribution in [2.24, 2.45) is 0 Å². The fraction of sp³-hybridized carbons (Fsp3) is 0.200. The minimum absolute atomic E-state index is 0.0926. The van der Waals surface area contributed by atoms with Gasteiger partial charge in [0.25, 0.3) is 5.56 Å². The van der Waals surface area contributed by atoms with Crippen LogP contribution < -0.4 is 5.56 Å². The third-order valence-corrected chi connectivity index (χ3v) is 4.43. The summed E-state index contributed by atoms with van der Waals surface area (Å²) >= 11 is 0. The quantitative estimate of drug-likeness (QED) is 0.800. The van der Waals surface area contributed by atoms with Gasteiger partial charge in [-0.25, -0.2) is 4.79 Å². The lowest BCUT2D eigenvalue weighted by atomic mass is 9.98. The van der Waals surface area contributed by atoms with Gasteiger partial charge in [-0.1, -0.05) is 29.8 Å². The standard InChI is InChI=1S/C20H19NO3/c1-12-4-6-15(7-5-12)11-21-17-10-13(2)19(20(23)24)14(3)16(17)8-9-18(21)22/h4-10H,11H2,1-3H3,(H,23,24). The van der Waals surface area contributed by atoms with Crippen LogP contribution in [0.5, 0.6) is 0 Å². The minimum atomic E-state index is -0.941. The number of rotatable bonds is 3. The summed E-state index contributed by atoms with van der Waals surface area (Å²) in [6.45, 7) is 6.04. The first-order valence-corrected chi connectivity index (χ1v) is 7.81. The molecule has 0 saturated carbocycles. The van der Waals surface area contributed by atoms with Crippen molar-refractivity contribution >= 4 is 16.9 Å². The summed E-state index contributed by atoms with van der Waals surface area (Å²) in [6.07, 6.45) is 0. The summed E-state index contributed by atoms with van der Waals surface area (Å²) in [4.78, 5) is 23.9. The number of fused-ring (bicyclic) bond motifs is 1. The molecule has 0 aliphatic heterocycles. The maximum absolute atomic E-state index is 12.4. The number of carboxylic acids is 1. The Kier molecular flexibility index (Phi) is 3.97. The first kappa shape index (κ1) is 16.0. The lowest BCUT2D eigenvalue weighted by Gasteiger charge is -2.15. The van der Waals surface area contributed by atoms with E-state index in [4.69, 9.17) is 0 Å². The highest BCUT2D eigenvalue weighted by Crippen LogP contribution is 2.25.